The van der Waals surface area contributed by atoms with Gasteiger partial charge in [0.05, 0.1) is 124 Å². The van der Waals surface area contributed by atoms with Gasteiger partial charge < -0.3 is 145 Å². The van der Waals surface area contributed by atoms with Crippen LogP contribution >= 0.6 is 33.6 Å². The lowest BCUT2D eigenvalue weighted by Gasteiger charge is -2.31. The number of rotatable bonds is 52. The summed E-state index contributed by atoms with van der Waals surface area (Å²) in [5, 5.41) is 10.8. The fourth-order valence-electron chi connectivity index (χ4n) is 16.5. The molecule has 0 radical (unpaired) electrons. The van der Waals surface area contributed by atoms with Gasteiger partial charge in [0.15, 0.2) is 53.8 Å². The van der Waals surface area contributed by atoms with E-state index in [9.17, 15) is 67.9 Å². The van der Waals surface area contributed by atoms with Crippen molar-refractivity contribution >= 4 is 133 Å². The van der Waals surface area contributed by atoms with Gasteiger partial charge in [-0.2, -0.15) is 9.97 Å². The molecule has 8 aromatic rings. The van der Waals surface area contributed by atoms with Gasteiger partial charge in [0.2, 0.25) is 5.95 Å². The highest BCUT2D eigenvalue weighted by molar-refractivity contribution is 8.08. The van der Waals surface area contributed by atoms with Gasteiger partial charge in [-0.05, 0) is 99.1 Å². The van der Waals surface area contributed by atoms with Crippen LogP contribution in [0, 0.1) is 33.6 Å². The number of hydrogen-bond donors (Lipinski definition) is 13. The standard InChI is InChI=1S/C76H110N19O40P5S5/c1-35-21-46(90-23-37(3)63(97)87-74(90)102)125-41(35)27-120-136(105,141)134-52-44(129-70(57(52)118-19-14-113-9)94-33-82-47-60(78)80-32-81-61(47)94)30-124-139(108,144)132-50-42(127-68(55(50)116-17-12-111-7)91-22-36(2)59(77)84-73(91)101)28-122-138(107,143)133-51-43(128-69(56(51)117-18-13-112-8)93-25-39(5)65(99)89-76(93)104)29-123-140(109,145)135-53-45(130-71(58(53)119-20-15-114-10)95-34-83-48-62(95)85-72(79)86-66(48)100)31-121-137(106,142)131-49-40(26-96)126-67(54(49)115-16-11-110-6)92-24-38(4)64(98)88-75(92)103/h22-25,32-35,40-46,49-58,67-71,96H,11-21,26-31H2,1-10H3,(H,105,141)(H,106,142)(H,107,143)(H,108,144)(H,109,145)(H2,77,84,101)(H2,78,80,81)(H,87,97,102)(H,88,98,103)(H,89,99,104)(H3,79,85,86,100)/t35-,40+,41+,42+,43+,44+,45+,46+,49+,50+,51+,52+,53+,54+,55+,56+,57+,58+,67+,68+,69+,70+,71+,136?,137?,138?,139?,140?/m0/s1. The van der Waals surface area contributed by atoms with Gasteiger partial charge in [-0.25, -0.2) is 39.1 Å². The lowest BCUT2D eigenvalue weighted by molar-refractivity contribution is -0.0837. The Morgan fingerprint density at radius 3 is 1.08 bits per heavy atom. The summed E-state index contributed by atoms with van der Waals surface area (Å²) in [4.78, 5) is 203. The zero-order valence-electron chi connectivity index (χ0n) is 78.8. The van der Waals surface area contributed by atoms with E-state index >= 15 is 0 Å². The topological polar surface area (TPSA) is 746 Å². The molecule has 59 nitrogen and oxygen atoms in total. The SMILES string of the molecule is COCCO[C@@H]1[C@H](OP(O)(=S)OC[C@H]2O[C@@H](n3cnc4c(N)ncnc43)[C@H](OCCOC)[C@@H]2OP(O)(=S)OC[C@H]2O[C@@H](n3cc(C)c(=O)[nH]c3=O)C[C@@H]2C)[C@@H](COP(O)(=S)O[C@H]2[C@@H](OCCOC)[C@H](n3cc(C)c(=O)[nH]c3=O)O[C@@H]2COP(O)(=S)O[C@H]2[C@@H](OCCOC)[C@H](n3cnc4c(=O)[nH]c(N)nc43)O[C@@H]2COP(O)(=S)O[C@H]2[C@@H](OCCOC)[C@H](n3cc(C)c(=O)[nH]c3=O)O[C@@H]2CO)O[C@H]1n1cc(C)c(N)nc1=O. The number of fused-ring (bicyclic) bond motifs is 2. The molecule has 6 fully saturated rings. The molecule has 16 N–H and O–H groups in total. The van der Waals surface area contributed by atoms with E-state index in [0.29, 0.717) is 0 Å². The van der Waals surface area contributed by atoms with Gasteiger partial charge in [-0.15, -0.1) is 0 Å². The minimum atomic E-state index is -5.09. The predicted molar refractivity (Wildman–Crippen MR) is 517 cm³/mol. The third-order valence-electron chi connectivity index (χ3n) is 23.6. The number of nitrogen functional groups attached to an aromatic ring is 3. The molecule has 6 aliphatic rings. The maximum atomic E-state index is 14.2. The van der Waals surface area contributed by atoms with Crippen molar-refractivity contribution in [3.05, 3.63) is 149 Å². The van der Waals surface area contributed by atoms with Crippen LogP contribution in [0.3, 0.4) is 0 Å². The Labute approximate surface area is 845 Å². The smallest absolute Gasteiger partial charge is 0.351 e. The molecule has 28 atom stereocenters. The van der Waals surface area contributed by atoms with E-state index in [1.165, 1.54) is 102 Å². The molecule has 8 aromatic heterocycles. The van der Waals surface area contributed by atoms with Gasteiger partial charge in [-0.1, -0.05) is 6.92 Å². The number of anilines is 3. The molecule has 145 heavy (non-hydrogen) atoms. The van der Waals surface area contributed by atoms with Crippen molar-refractivity contribution in [1.82, 2.24) is 77.2 Å². The highest BCUT2D eigenvalue weighted by Gasteiger charge is 2.58. The molecule has 6 saturated heterocycles. The first-order chi connectivity index (χ1) is 68.9. The van der Waals surface area contributed by atoms with Crippen LogP contribution in [0.15, 0.2) is 82.1 Å². The Kier molecular flexibility index (Phi) is 38.7. The third kappa shape index (κ3) is 27.3. The minimum Gasteiger partial charge on any atom is -0.394 e. The van der Waals surface area contributed by atoms with Gasteiger partial charge >= 0.3 is 56.4 Å². The maximum Gasteiger partial charge on any atom is 0.351 e. The summed E-state index contributed by atoms with van der Waals surface area (Å²) >= 11 is 29.0. The van der Waals surface area contributed by atoms with Gasteiger partial charge in [0, 0.05) is 82.6 Å². The van der Waals surface area contributed by atoms with E-state index in [1.54, 1.807) is 6.92 Å². The average Bonchev–Trinajstić information content (AvgIpc) is 1.61. The number of ether oxygens (including phenoxy) is 16. The Morgan fingerprint density at radius 1 is 0.372 bits per heavy atom. The minimum absolute atomic E-state index is 0.0247. The zero-order chi connectivity index (χ0) is 105. The molecular weight excluding hydrogens is 2130 g/mol. The van der Waals surface area contributed by atoms with E-state index in [2.05, 4.69) is 49.8 Å². The highest BCUT2D eigenvalue weighted by atomic mass is 32.5. The fourth-order valence-corrected chi connectivity index (χ4v) is 23.7. The van der Waals surface area contributed by atoms with Crippen LogP contribution in [0.1, 0.15) is 73.0 Å². The molecule has 0 amide bonds. The van der Waals surface area contributed by atoms with E-state index in [4.69, 9.17) is 197 Å². The molecule has 0 aliphatic carbocycles. The van der Waals surface area contributed by atoms with Gasteiger partial charge in [0.1, 0.15) is 115 Å². The molecule has 0 aromatic carbocycles. The van der Waals surface area contributed by atoms with E-state index in [-0.39, 0.29) is 141 Å². The molecule has 14 heterocycles. The van der Waals surface area contributed by atoms with Crippen molar-refractivity contribution in [3.8, 4) is 0 Å². The van der Waals surface area contributed by atoms with Crippen molar-refractivity contribution in [1.29, 1.82) is 0 Å². The van der Waals surface area contributed by atoms with Crippen LogP contribution in [0.5, 0.6) is 0 Å². The van der Waals surface area contributed by atoms with Crippen molar-refractivity contribution in [2.45, 2.75) is 176 Å². The van der Waals surface area contributed by atoms with Crippen LogP contribution in [0.4, 0.5) is 17.6 Å². The number of aryl methyl sites for hydroxylation is 4. The highest BCUT2D eigenvalue weighted by Crippen LogP contribution is 2.58. The van der Waals surface area contributed by atoms with E-state index in [1.807, 2.05) is 0 Å². The first kappa shape index (κ1) is 114. The summed E-state index contributed by atoms with van der Waals surface area (Å²) in [5.74, 6) is -0.935. The number of aromatic amines is 4. The number of nitrogens with zero attached hydrogens (tertiary/aromatic N) is 12. The summed E-state index contributed by atoms with van der Waals surface area (Å²) in [6.07, 6.45) is -25.2. The predicted octanol–water partition coefficient (Wildman–Crippen LogP) is -2.50. The van der Waals surface area contributed by atoms with Crippen molar-refractivity contribution in [2.24, 2.45) is 5.92 Å². The summed E-state index contributed by atoms with van der Waals surface area (Å²) < 4.78 is 167. The second kappa shape index (κ2) is 49.3. The molecule has 0 saturated carbocycles. The van der Waals surface area contributed by atoms with E-state index in [0.717, 1.165) is 32.6 Å². The Hall–Kier alpha value is -6.81. The summed E-state index contributed by atoms with van der Waals surface area (Å²) in [6.45, 7) is -23.6. The third-order valence-corrected chi connectivity index (χ3v) is 31.3. The Balaban J connectivity index is 0.762. The van der Waals surface area contributed by atoms with Crippen molar-refractivity contribution < 1.29 is 151 Å². The Morgan fingerprint density at radius 2 is 0.697 bits per heavy atom. The molecule has 6 aliphatic heterocycles. The fraction of sp³-hybridized carbons (Fsp3) is 0.658. The number of aliphatic hydroxyl groups excluding tert-OH is 1. The molecular formula is C76H110N19O40P5S5. The summed E-state index contributed by atoms with van der Waals surface area (Å²) in [6, 6.07) is 0. The number of nitrogens with two attached hydrogens (primary N) is 3. The zero-order valence-corrected chi connectivity index (χ0v) is 87.3. The number of aliphatic hydroxyl groups is 1. The molecule has 0 spiro atoms. The first-order valence-corrected chi connectivity index (χ1v) is 57.2. The number of methoxy groups -OCH3 is 5. The average molecular weight is 2250 g/mol. The quantitative estimate of drug-likeness (QED) is 0.0138. The van der Waals surface area contributed by atoms with Crippen LogP contribution in [-0.4, -0.2) is 346 Å². The van der Waals surface area contributed by atoms with Crippen molar-refractivity contribution in [3.63, 3.8) is 0 Å². The van der Waals surface area contributed by atoms with E-state index < -0.39 is 253 Å². The van der Waals surface area contributed by atoms with Gasteiger partial charge in [0.25, 0.3) is 22.2 Å². The summed E-state index contributed by atoms with van der Waals surface area (Å²) in [7, 11) is 6.82. The molecule has 69 heteroatoms. The van der Waals surface area contributed by atoms with Crippen LogP contribution in [0.25, 0.3) is 22.3 Å². The van der Waals surface area contributed by atoms with Crippen LogP contribution in [0.2, 0.25) is 0 Å². The monoisotopic (exact) mass is 2240 g/mol. The second-order valence-corrected chi connectivity index (χ2v) is 47.4. The number of nitrogens with one attached hydrogen (secondary N) is 4. The molecule has 14 rings (SSSR count). The number of H-pyrrole nitrogens is 4. The van der Waals surface area contributed by atoms with Gasteiger partial charge in [-0.3, -0.25) is 89.1 Å². The normalized spacial score (nSPS) is 29.2. The largest absolute Gasteiger partial charge is 0.394 e. The molecule has 5 unspecified atom stereocenters. The molecule has 804 valence electrons. The molecule has 0 bridgehead atoms. The Bertz CT molecular complexity index is 6650. The maximum absolute atomic E-state index is 14.2. The lowest BCUT2D eigenvalue weighted by Crippen LogP contribution is -2.42. The number of hydrogen-bond acceptors (Lipinski definition) is 49. The number of aromatic nitrogens is 16. The van der Waals surface area contributed by atoms with Crippen molar-refractivity contribution in [2.75, 3.05) is 158 Å². The van der Waals surface area contributed by atoms with Crippen LogP contribution < -0.4 is 62.2 Å². The van der Waals surface area contributed by atoms with Crippen LogP contribution in [-0.2, 0) is 180 Å². The summed E-state index contributed by atoms with van der Waals surface area (Å²) in [5.41, 5.74) is 12.1. The second-order valence-electron chi connectivity index (χ2n) is 33.5. The lowest BCUT2D eigenvalue weighted by atomic mass is 10.0. The number of imidazole rings is 2. The first-order valence-electron chi connectivity index (χ1n) is 44.2.